The van der Waals surface area contributed by atoms with Gasteiger partial charge in [0.2, 0.25) is 0 Å². The zero-order chi connectivity index (χ0) is 16.5. The minimum atomic E-state index is 0.787. The standard InChI is InChI=1S/C21H19N3/c1-2-21-23-19-14-15(17-10-6-7-11-18(17)22)12-13-20(19)24(21)16-8-4-3-5-9-16/h3-14H,2,22H2,1H3. The molecule has 3 aromatic carbocycles. The van der Waals surface area contributed by atoms with Crippen LogP contribution in [-0.2, 0) is 6.42 Å². The third-order valence-electron chi connectivity index (χ3n) is 4.33. The van der Waals surface area contributed by atoms with Crippen LogP contribution in [0.5, 0.6) is 0 Å². The maximum absolute atomic E-state index is 6.12. The lowest BCUT2D eigenvalue weighted by Crippen LogP contribution is -1.99. The summed E-state index contributed by atoms with van der Waals surface area (Å²) in [6, 6.07) is 24.7. The number of aromatic nitrogens is 2. The SMILES string of the molecule is CCc1nc2cc(-c3ccccc3N)ccc2n1-c1ccccc1. The van der Waals surface area contributed by atoms with Gasteiger partial charge in [-0.2, -0.15) is 0 Å². The van der Waals surface area contributed by atoms with Crippen molar-refractivity contribution in [2.24, 2.45) is 0 Å². The van der Waals surface area contributed by atoms with Crippen LogP contribution in [-0.4, -0.2) is 9.55 Å². The first-order valence-corrected chi connectivity index (χ1v) is 8.19. The number of imidazole rings is 1. The van der Waals surface area contributed by atoms with Gasteiger partial charge in [-0.25, -0.2) is 4.98 Å². The maximum Gasteiger partial charge on any atom is 0.114 e. The molecule has 3 nitrogen and oxygen atoms in total. The Hall–Kier alpha value is -3.07. The third kappa shape index (κ3) is 2.35. The fraction of sp³-hybridized carbons (Fsp3) is 0.0952. The second kappa shape index (κ2) is 5.85. The minimum absolute atomic E-state index is 0.787. The smallest absolute Gasteiger partial charge is 0.114 e. The number of para-hydroxylation sites is 2. The number of hydrogen-bond donors (Lipinski definition) is 1. The zero-order valence-corrected chi connectivity index (χ0v) is 13.6. The van der Waals surface area contributed by atoms with Gasteiger partial charge >= 0.3 is 0 Å². The molecule has 0 aliphatic rings. The Balaban J connectivity index is 1.93. The van der Waals surface area contributed by atoms with E-state index in [1.54, 1.807) is 0 Å². The number of fused-ring (bicyclic) bond motifs is 1. The molecule has 2 N–H and O–H groups in total. The molecule has 0 fully saturated rings. The van der Waals surface area contributed by atoms with Crippen molar-refractivity contribution in [3.8, 4) is 16.8 Å². The molecule has 24 heavy (non-hydrogen) atoms. The number of hydrogen-bond acceptors (Lipinski definition) is 2. The molecule has 4 aromatic rings. The Morgan fingerprint density at radius 2 is 1.67 bits per heavy atom. The Bertz CT molecular complexity index is 1000. The summed E-state index contributed by atoms with van der Waals surface area (Å²) in [5.74, 6) is 1.06. The summed E-state index contributed by atoms with van der Waals surface area (Å²) in [6.45, 7) is 2.14. The van der Waals surface area contributed by atoms with Gasteiger partial charge in [-0.05, 0) is 35.9 Å². The van der Waals surface area contributed by atoms with Crippen molar-refractivity contribution < 1.29 is 0 Å². The van der Waals surface area contributed by atoms with Crippen LogP contribution >= 0.6 is 0 Å². The van der Waals surface area contributed by atoms with Crippen molar-refractivity contribution in [2.45, 2.75) is 13.3 Å². The van der Waals surface area contributed by atoms with Crippen molar-refractivity contribution >= 4 is 16.7 Å². The molecule has 0 saturated heterocycles. The van der Waals surface area contributed by atoms with Gasteiger partial charge in [0.25, 0.3) is 0 Å². The van der Waals surface area contributed by atoms with Gasteiger partial charge in [-0.3, -0.25) is 4.57 Å². The van der Waals surface area contributed by atoms with Crippen LogP contribution in [0.25, 0.3) is 27.8 Å². The highest BCUT2D eigenvalue weighted by Crippen LogP contribution is 2.30. The van der Waals surface area contributed by atoms with Crippen LogP contribution in [0.2, 0.25) is 0 Å². The van der Waals surface area contributed by atoms with Gasteiger partial charge in [0.1, 0.15) is 5.82 Å². The van der Waals surface area contributed by atoms with Crippen LogP contribution in [0.3, 0.4) is 0 Å². The molecule has 4 rings (SSSR count). The average Bonchev–Trinajstić information content (AvgIpc) is 3.00. The van der Waals surface area contributed by atoms with Crippen molar-refractivity contribution in [1.82, 2.24) is 9.55 Å². The summed E-state index contributed by atoms with van der Waals surface area (Å²) in [7, 11) is 0. The van der Waals surface area contributed by atoms with Crippen LogP contribution in [0, 0.1) is 0 Å². The lowest BCUT2D eigenvalue weighted by atomic mass is 10.0. The van der Waals surface area contributed by atoms with E-state index in [0.29, 0.717) is 0 Å². The number of anilines is 1. The summed E-state index contributed by atoms with van der Waals surface area (Å²) >= 11 is 0. The molecule has 118 valence electrons. The van der Waals surface area contributed by atoms with Crippen molar-refractivity contribution in [2.75, 3.05) is 5.73 Å². The van der Waals surface area contributed by atoms with Crippen LogP contribution < -0.4 is 5.73 Å². The Morgan fingerprint density at radius 1 is 0.917 bits per heavy atom. The van der Waals surface area contributed by atoms with E-state index in [0.717, 1.165) is 45.8 Å². The highest BCUT2D eigenvalue weighted by Gasteiger charge is 2.12. The van der Waals surface area contributed by atoms with E-state index >= 15 is 0 Å². The van der Waals surface area contributed by atoms with E-state index in [9.17, 15) is 0 Å². The highest BCUT2D eigenvalue weighted by molar-refractivity contribution is 5.87. The summed E-state index contributed by atoms with van der Waals surface area (Å²) in [4.78, 5) is 4.85. The molecule has 0 aliphatic carbocycles. The molecule has 1 aromatic heterocycles. The van der Waals surface area contributed by atoms with Crippen LogP contribution in [0.15, 0.2) is 72.8 Å². The lowest BCUT2D eigenvalue weighted by Gasteiger charge is -2.09. The molecule has 0 atom stereocenters. The fourth-order valence-electron chi connectivity index (χ4n) is 3.16. The first-order chi connectivity index (χ1) is 11.8. The van der Waals surface area contributed by atoms with E-state index < -0.39 is 0 Å². The molecule has 0 radical (unpaired) electrons. The normalized spacial score (nSPS) is 11.0. The summed E-state index contributed by atoms with van der Waals surface area (Å²) in [5, 5.41) is 0. The molecule has 0 saturated carbocycles. The Kier molecular flexibility index (Phi) is 3.54. The van der Waals surface area contributed by atoms with Crippen LogP contribution in [0.1, 0.15) is 12.7 Å². The number of rotatable bonds is 3. The molecular weight excluding hydrogens is 294 g/mol. The monoisotopic (exact) mass is 313 g/mol. The van der Waals surface area contributed by atoms with Gasteiger partial charge in [0, 0.05) is 23.4 Å². The van der Waals surface area contributed by atoms with Crippen LogP contribution in [0.4, 0.5) is 5.69 Å². The fourth-order valence-corrected chi connectivity index (χ4v) is 3.16. The van der Waals surface area contributed by atoms with E-state index in [-0.39, 0.29) is 0 Å². The summed E-state index contributed by atoms with van der Waals surface area (Å²) < 4.78 is 2.23. The van der Waals surface area contributed by atoms with Gasteiger partial charge in [-0.1, -0.05) is 49.4 Å². The van der Waals surface area contributed by atoms with Crippen molar-refractivity contribution in [3.63, 3.8) is 0 Å². The molecule has 1 heterocycles. The Labute approximate surface area is 141 Å². The molecule has 0 amide bonds. The highest BCUT2D eigenvalue weighted by atomic mass is 15.1. The minimum Gasteiger partial charge on any atom is -0.398 e. The van der Waals surface area contributed by atoms with E-state index in [2.05, 4.69) is 54.0 Å². The zero-order valence-electron chi connectivity index (χ0n) is 13.6. The lowest BCUT2D eigenvalue weighted by molar-refractivity contribution is 0.908. The van der Waals surface area contributed by atoms with Gasteiger partial charge in [0.05, 0.1) is 11.0 Å². The Morgan fingerprint density at radius 3 is 2.42 bits per heavy atom. The molecular formula is C21H19N3. The van der Waals surface area contributed by atoms with Crippen molar-refractivity contribution in [1.29, 1.82) is 0 Å². The molecule has 0 bridgehead atoms. The first-order valence-electron chi connectivity index (χ1n) is 8.19. The third-order valence-corrected chi connectivity index (χ3v) is 4.33. The quantitative estimate of drug-likeness (QED) is 0.550. The molecule has 0 unspecified atom stereocenters. The molecule has 0 aliphatic heterocycles. The number of nitrogens with two attached hydrogens (primary N) is 1. The largest absolute Gasteiger partial charge is 0.398 e. The van der Waals surface area contributed by atoms with E-state index in [1.807, 2.05) is 30.3 Å². The maximum atomic E-state index is 6.12. The van der Waals surface area contributed by atoms with Gasteiger partial charge in [-0.15, -0.1) is 0 Å². The second-order valence-corrected chi connectivity index (χ2v) is 5.84. The first kappa shape index (κ1) is 14.5. The van der Waals surface area contributed by atoms with E-state index in [1.165, 1.54) is 0 Å². The van der Waals surface area contributed by atoms with Gasteiger partial charge in [0.15, 0.2) is 0 Å². The molecule has 3 heteroatoms. The second-order valence-electron chi connectivity index (χ2n) is 5.84. The summed E-state index contributed by atoms with van der Waals surface area (Å²) in [5.41, 5.74) is 12.3. The number of aryl methyl sites for hydroxylation is 1. The summed E-state index contributed by atoms with van der Waals surface area (Å²) in [6.07, 6.45) is 0.881. The number of benzene rings is 3. The number of nitrogen functional groups attached to an aromatic ring is 1. The van der Waals surface area contributed by atoms with Gasteiger partial charge < -0.3 is 5.73 Å². The van der Waals surface area contributed by atoms with Crippen molar-refractivity contribution in [3.05, 3.63) is 78.6 Å². The predicted octanol–water partition coefficient (Wildman–Crippen LogP) is 4.84. The average molecular weight is 313 g/mol. The number of nitrogens with zero attached hydrogens (tertiary/aromatic N) is 2. The predicted molar refractivity (Wildman–Crippen MR) is 100 cm³/mol. The molecule has 0 spiro atoms. The topological polar surface area (TPSA) is 43.8 Å². The van der Waals surface area contributed by atoms with E-state index in [4.69, 9.17) is 10.7 Å².